The Morgan fingerprint density at radius 3 is 2.94 bits per heavy atom. The number of rotatable bonds is 4. The number of nitrogens with zero attached hydrogens (tertiary/aromatic N) is 1. The lowest BCUT2D eigenvalue weighted by Gasteiger charge is -2.25. The van der Waals surface area contributed by atoms with Crippen molar-refractivity contribution >= 4 is 17.8 Å². The second-order valence-corrected chi connectivity index (χ2v) is 4.79. The lowest BCUT2D eigenvalue weighted by atomic mass is 10.2. The first-order chi connectivity index (χ1) is 7.79. The van der Waals surface area contributed by atoms with Crippen LogP contribution in [-0.2, 0) is 16.1 Å². The number of hydrogen-bond donors (Lipinski definition) is 0. The Morgan fingerprint density at radius 2 is 2.38 bits per heavy atom. The Balaban J connectivity index is 2.05. The maximum Gasteiger partial charge on any atom is 0.235 e. The molecule has 3 nitrogen and oxygen atoms in total. The van der Waals surface area contributed by atoms with Crippen molar-refractivity contribution in [2.75, 3.05) is 13.2 Å². The first-order valence-corrected chi connectivity index (χ1v) is 5.74. The molecule has 1 saturated heterocycles. The number of thioether (sulfide) groups is 1. The van der Waals surface area contributed by atoms with Crippen LogP contribution in [0.25, 0.3) is 0 Å². The molecule has 1 heterocycles. The smallest absolute Gasteiger partial charge is 0.235 e. The fourth-order valence-electron chi connectivity index (χ4n) is 1.32. The van der Waals surface area contributed by atoms with Crippen LogP contribution < -0.4 is 0 Å². The lowest BCUT2D eigenvalue weighted by Crippen LogP contribution is -2.30. The van der Waals surface area contributed by atoms with Gasteiger partial charge in [0.25, 0.3) is 0 Å². The van der Waals surface area contributed by atoms with Crippen molar-refractivity contribution in [1.29, 1.82) is 0 Å². The molecule has 0 unspecified atom stereocenters. The molecule has 1 aromatic carbocycles. The molecule has 1 aromatic rings. The van der Waals surface area contributed by atoms with Gasteiger partial charge in [-0.25, -0.2) is 14.2 Å². The zero-order valence-corrected chi connectivity index (χ0v) is 9.30. The highest BCUT2D eigenvalue weighted by atomic mass is 32.2. The molecule has 1 fully saturated rings. The molecule has 0 saturated carbocycles. The Morgan fingerprint density at radius 1 is 1.56 bits per heavy atom. The van der Waals surface area contributed by atoms with Crippen LogP contribution in [0.5, 0.6) is 0 Å². The summed E-state index contributed by atoms with van der Waals surface area (Å²) in [4.78, 5) is 13.9. The van der Waals surface area contributed by atoms with Gasteiger partial charge in [0.15, 0.2) is 0 Å². The van der Waals surface area contributed by atoms with Crippen LogP contribution in [0.3, 0.4) is 0 Å². The van der Waals surface area contributed by atoms with Gasteiger partial charge in [-0.05, 0) is 17.7 Å². The van der Waals surface area contributed by atoms with Crippen LogP contribution in [0.1, 0.15) is 5.56 Å². The summed E-state index contributed by atoms with van der Waals surface area (Å²) in [6.07, 6.45) is 1.43. The summed E-state index contributed by atoms with van der Waals surface area (Å²) in [6.45, 7) is 1.54. The summed E-state index contributed by atoms with van der Waals surface area (Å²) in [5.74, 6) is -0.268. The minimum atomic E-state index is -0.268. The molecule has 0 aromatic heterocycles. The topological polar surface area (TPSA) is 38.7 Å². The molecule has 84 valence electrons. The third-order valence-electron chi connectivity index (χ3n) is 2.22. The largest absolute Gasteiger partial charge is 0.379 e. The molecule has 0 N–H and O–H groups in total. The summed E-state index contributed by atoms with van der Waals surface area (Å²) >= 11 is 1.48. The van der Waals surface area contributed by atoms with E-state index in [0.29, 0.717) is 28.9 Å². The number of halogens is 1. The van der Waals surface area contributed by atoms with E-state index in [1.165, 1.54) is 23.9 Å². The number of hydrogen-bond acceptors (Lipinski definition) is 4. The predicted octanol–water partition coefficient (Wildman–Crippen LogP) is 2.15. The van der Waals surface area contributed by atoms with Crippen molar-refractivity contribution in [1.82, 2.24) is 0 Å². The van der Waals surface area contributed by atoms with Crippen LogP contribution in [0.2, 0.25) is 0 Å². The number of aliphatic imine (C=N–C) groups is 1. The van der Waals surface area contributed by atoms with Gasteiger partial charge in [0.1, 0.15) is 5.82 Å². The van der Waals surface area contributed by atoms with Gasteiger partial charge in [-0.15, -0.1) is 11.8 Å². The first-order valence-electron chi connectivity index (χ1n) is 4.86. The number of benzene rings is 1. The molecular weight excluding hydrogens is 229 g/mol. The highest BCUT2D eigenvalue weighted by Gasteiger charge is 2.20. The van der Waals surface area contributed by atoms with E-state index in [1.54, 1.807) is 12.1 Å². The summed E-state index contributed by atoms with van der Waals surface area (Å²) in [7, 11) is 0. The van der Waals surface area contributed by atoms with Gasteiger partial charge in [0.2, 0.25) is 6.08 Å². The molecule has 0 radical (unpaired) electrons. The van der Waals surface area contributed by atoms with Gasteiger partial charge in [-0.2, -0.15) is 0 Å². The molecule has 0 atom stereocenters. The van der Waals surface area contributed by atoms with Gasteiger partial charge >= 0.3 is 0 Å². The Labute approximate surface area is 96.7 Å². The molecule has 16 heavy (non-hydrogen) atoms. The van der Waals surface area contributed by atoms with E-state index in [-0.39, 0.29) is 12.4 Å². The molecule has 1 aliphatic heterocycles. The zero-order chi connectivity index (χ0) is 11.4. The molecule has 0 bridgehead atoms. The molecular formula is C11H10FNO2S. The summed E-state index contributed by atoms with van der Waals surface area (Å²) in [6, 6.07) is 4.89. The zero-order valence-electron chi connectivity index (χ0n) is 8.48. The average molecular weight is 239 g/mol. The molecule has 5 heteroatoms. The summed E-state index contributed by atoms with van der Waals surface area (Å²) in [5, 5.41) is 0.355. The van der Waals surface area contributed by atoms with E-state index in [0.717, 1.165) is 0 Å². The number of carbonyl (C=O) groups excluding carboxylic acids is 1. The Kier molecular flexibility index (Phi) is 3.72. The van der Waals surface area contributed by atoms with Crippen molar-refractivity contribution in [3.63, 3.8) is 0 Å². The van der Waals surface area contributed by atoms with Crippen LogP contribution >= 0.6 is 11.8 Å². The summed E-state index contributed by atoms with van der Waals surface area (Å²) in [5.41, 5.74) is 0.676. The van der Waals surface area contributed by atoms with Crippen molar-refractivity contribution in [2.45, 2.75) is 16.7 Å². The first kappa shape index (κ1) is 11.3. The van der Waals surface area contributed by atoms with Crippen molar-refractivity contribution < 1.29 is 13.9 Å². The third-order valence-corrected chi connectivity index (χ3v) is 3.41. The second kappa shape index (κ2) is 5.25. The van der Waals surface area contributed by atoms with Crippen LogP contribution in [0.4, 0.5) is 4.39 Å². The molecule has 0 spiro atoms. The third kappa shape index (κ3) is 2.70. The van der Waals surface area contributed by atoms with E-state index in [2.05, 4.69) is 4.99 Å². The standard InChI is InChI=1S/C11H10FNO2S/c12-10-3-8(4-13-7-14)1-2-11(10)16-9-5-15-6-9/h1-3,9H,4-6H2. The average Bonchev–Trinajstić information content (AvgIpc) is 2.22. The van der Waals surface area contributed by atoms with Gasteiger partial charge in [0, 0.05) is 4.90 Å². The molecule has 2 rings (SSSR count). The fraction of sp³-hybridized carbons (Fsp3) is 0.364. The second-order valence-electron chi connectivity index (χ2n) is 3.45. The minimum absolute atomic E-state index is 0.178. The molecule has 1 aliphatic rings. The Bertz CT molecular complexity index is 428. The Hall–Kier alpha value is -1.16. The SMILES string of the molecule is O=C=NCc1ccc(SC2COC2)c(F)c1. The number of ether oxygens (including phenoxy) is 1. The van der Waals surface area contributed by atoms with Crippen molar-refractivity contribution in [2.24, 2.45) is 4.99 Å². The van der Waals surface area contributed by atoms with Crippen LogP contribution in [-0.4, -0.2) is 24.5 Å². The predicted molar refractivity (Wildman–Crippen MR) is 58.7 cm³/mol. The summed E-state index contributed by atoms with van der Waals surface area (Å²) < 4.78 is 18.6. The molecule has 0 amide bonds. The van der Waals surface area contributed by atoms with E-state index in [1.807, 2.05) is 0 Å². The van der Waals surface area contributed by atoms with E-state index < -0.39 is 0 Å². The highest BCUT2D eigenvalue weighted by molar-refractivity contribution is 8.00. The van der Waals surface area contributed by atoms with E-state index in [4.69, 9.17) is 4.74 Å². The van der Waals surface area contributed by atoms with Crippen LogP contribution in [0, 0.1) is 5.82 Å². The maximum absolute atomic E-state index is 13.6. The normalized spacial score (nSPS) is 15.3. The maximum atomic E-state index is 13.6. The number of isocyanates is 1. The van der Waals surface area contributed by atoms with Crippen molar-refractivity contribution in [3.05, 3.63) is 29.6 Å². The van der Waals surface area contributed by atoms with Gasteiger partial charge < -0.3 is 4.74 Å². The van der Waals surface area contributed by atoms with Crippen LogP contribution in [0.15, 0.2) is 28.1 Å². The highest BCUT2D eigenvalue weighted by Crippen LogP contribution is 2.30. The lowest BCUT2D eigenvalue weighted by molar-refractivity contribution is 0.0455. The van der Waals surface area contributed by atoms with Gasteiger partial charge in [-0.1, -0.05) is 6.07 Å². The van der Waals surface area contributed by atoms with Crippen molar-refractivity contribution in [3.8, 4) is 0 Å². The van der Waals surface area contributed by atoms with Gasteiger partial charge in [0.05, 0.1) is 25.0 Å². The van der Waals surface area contributed by atoms with E-state index in [9.17, 15) is 9.18 Å². The quantitative estimate of drug-likeness (QED) is 0.597. The fourth-order valence-corrected chi connectivity index (χ4v) is 2.33. The monoisotopic (exact) mass is 239 g/mol. The minimum Gasteiger partial charge on any atom is -0.379 e. The van der Waals surface area contributed by atoms with Gasteiger partial charge in [-0.3, -0.25) is 0 Å². The molecule has 0 aliphatic carbocycles. The van der Waals surface area contributed by atoms with E-state index >= 15 is 0 Å².